The van der Waals surface area contributed by atoms with Crippen LogP contribution in [0.5, 0.6) is 0 Å². The summed E-state index contributed by atoms with van der Waals surface area (Å²) < 4.78 is 27.9. The number of anilines is 1. The van der Waals surface area contributed by atoms with Crippen molar-refractivity contribution in [1.29, 1.82) is 0 Å². The van der Waals surface area contributed by atoms with E-state index >= 15 is 0 Å². The lowest BCUT2D eigenvalue weighted by Crippen LogP contribution is -2.41. The number of hydrogen-bond acceptors (Lipinski definition) is 6. The predicted octanol–water partition coefficient (Wildman–Crippen LogP) is 1.29. The van der Waals surface area contributed by atoms with Gasteiger partial charge in [-0.05, 0) is 31.9 Å². The Balaban J connectivity index is 1.27. The summed E-state index contributed by atoms with van der Waals surface area (Å²) in [5.74, 6) is -0.374. The van der Waals surface area contributed by atoms with Crippen molar-refractivity contribution in [3.8, 4) is 0 Å². The summed E-state index contributed by atoms with van der Waals surface area (Å²) in [4.78, 5) is 18.2. The van der Waals surface area contributed by atoms with Crippen LogP contribution in [0.1, 0.15) is 23.4 Å². The normalized spacial score (nSPS) is 22.1. The lowest BCUT2D eigenvalue weighted by Gasteiger charge is -2.21. The molecule has 1 N–H and O–H groups in total. The monoisotopic (exact) mass is 417 g/mol. The molecule has 2 atom stereocenters. The van der Waals surface area contributed by atoms with Gasteiger partial charge in [-0.1, -0.05) is 0 Å². The molecule has 2 aliphatic heterocycles. The summed E-state index contributed by atoms with van der Waals surface area (Å²) in [6, 6.07) is 1.47. The number of rotatable bonds is 5. The van der Waals surface area contributed by atoms with E-state index in [2.05, 4.69) is 15.4 Å². The van der Waals surface area contributed by atoms with Gasteiger partial charge in [-0.3, -0.25) is 14.5 Å². The summed E-state index contributed by atoms with van der Waals surface area (Å²) in [6.45, 7) is 5.83. The van der Waals surface area contributed by atoms with Crippen LogP contribution in [-0.2, 0) is 27.7 Å². The molecule has 0 saturated carbocycles. The number of halogens is 1. The van der Waals surface area contributed by atoms with Crippen LogP contribution in [0.25, 0.3) is 0 Å². The van der Waals surface area contributed by atoms with Gasteiger partial charge in [-0.15, -0.1) is 0 Å². The summed E-state index contributed by atoms with van der Waals surface area (Å²) in [5.41, 5.74) is 3.69. The number of hydrogen-bond donors (Lipinski definition) is 1. The van der Waals surface area contributed by atoms with Crippen molar-refractivity contribution >= 4 is 11.6 Å². The molecule has 0 unspecified atom stereocenters. The number of pyridine rings is 1. The number of amides is 1. The molecule has 0 spiro atoms. The minimum atomic E-state index is -0.349. The molecule has 0 aromatic carbocycles. The van der Waals surface area contributed by atoms with E-state index in [0.29, 0.717) is 44.8 Å². The number of fused-ring (bicyclic) bond motifs is 1. The third-order valence-electron chi connectivity index (χ3n) is 5.96. The second-order valence-electron chi connectivity index (χ2n) is 8.01. The zero-order chi connectivity index (χ0) is 21.3. The first kappa shape index (κ1) is 20.7. The molecule has 2 aromatic rings. The van der Waals surface area contributed by atoms with Crippen LogP contribution in [0.2, 0.25) is 0 Å². The highest BCUT2D eigenvalue weighted by molar-refractivity contribution is 5.76. The summed E-state index contributed by atoms with van der Waals surface area (Å²) >= 11 is 0. The number of carbonyl (C=O) groups excluding carboxylic acids is 1. The van der Waals surface area contributed by atoms with Crippen LogP contribution >= 0.6 is 0 Å². The van der Waals surface area contributed by atoms with Crippen molar-refractivity contribution in [1.82, 2.24) is 20.1 Å². The molecule has 4 rings (SSSR count). The first-order valence-corrected chi connectivity index (χ1v) is 10.3. The van der Waals surface area contributed by atoms with E-state index < -0.39 is 0 Å². The molecule has 162 valence electrons. The first-order valence-electron chi connectivity index (χ1n) is 10.3. The van der Waals surface area contributed by atoms with E-state index in [-0.39, 0.29) is 30.0 Å². The maximum atomic E-state index is 14.0. The van der Waals surface area contributed by atoms with E-state index in [1.807, 2.05) is 30.5 Å². The SMILES string of the molecule is Cc1nn(C)c(C)c1CCC(=O)NC1CO[C@H]2CN(c3ccncc3F)C[C@@H]2OC1. The number of aromatic nitrogens is 3. The smallest absolute Gasteiger partial charge is 0.220 e. The average Bonchev–Trinajstić information content (AvgIpc) is 3.16. The van der Waals surface area contributed by atoms with Gasteiger partial charge < -0.3 is 19.7 Å². The van der Waals surface area contributed by atoms with Gasteiger partial charge in [0.15, 0.2) is 5.82 Å². The van der Waals surface area contributed by atoms with Crippen LogP contribution in [-0.4, -0.2) is 65.2 Å². The Morgan fingerprint density at radius 2 is 1.97 bits per heavy atom. The molecule has 2 aromatic heterocycles. The Labute approximate surface area is 175 Å². The number of ether oxygens (including phenoxy) is 2. The molecule has 0 aliphatic carbocycles. The minimum absolute atomic E-state index is 0.0256. The van der Waals surface area contributed by atoms with Crippen molar-refractivity contribution in [2.45, 2.75) is 44.9 Å². The fraction of sp³-hybridized carbons (Fsp3) is 0.571. The largest absolute Gasteiger partial charge is 0.371 e. The zero-order valence-corrected chi connectivity index (χ0v) is 17.6. The van der Waals surface area contributed by atoms with Crippen molar-refractivity contribution in [3.05, 3.63) is 41.2 Å². The maximum absolute atomic E-state index is 14.0. The van der Waals surface area contributed by atoms with Gasteiger partial charge in [0, 0.05) is 38.4 Å². The summed E-state index contributed by atoms with van der Waals surface area (Å²) in [6.07, 6.45) is 3.54. The van der Waals surface area contributed by atoms with Crippen molar-refractivity contribution in [3.63, 3.8) is 0 Å². The van der Waals surface area contributed by atoms with Crippen LogP contribution in [0.15, 0.2) is 18.5 Å². The van der Waals surface area contributed by atoms with Gasteiger partial charge in [0.25, 0.3) is 0 Å². The lowest BCUT2D eigenvalue weighted by molar-refractivity contribution is -0.122. The highest BCUT2D eigenvalue weighted by atomic mass is 19.1. The molecule has 8 nitrogen and oxygen atoms in total. The third kappa shape index (κ3) is 4.32. The molecule has 0 bridgehead atoms. The maximum Gasteiger partial charge on any atom is 0.220 e. The van der Waals surface area contributed by atoms with Gasteiger partial charge in [0.1, 0.15) is 12.2 Å². The van der Waals surface area contributed by atoms with Crippen LogP contribution in [0.3, 0.4) is 0 Å². The van der Waals surface area contributed by atoms with Crippen LogP contribution in [0, 0.1) is 19.7 Å². The Morgan fingerprint density at radius 3 is 2.57 bits per heavy atom. The fourth-order valence-corrected chi connectivity index (χ4v) is 4.21. The Morgan fingerprint density at radius 1 is 1.27 bits per heavy atom. The number of nitrogens with zero attached hydrogens (tertiary/aromatic N) is 4. The molecule has 30 heavy (non-hydrogen) atoms. The molecule has 9 heteroatoms. The van der Waals surface area contributed by atoms with Crippen LogP contribution in [0.4, 0.5) is 10.1 Å². The Hall–Kier alpha value is -2.52. The second-order valence-corrected chi connectivity index (χ2v) is 8.01. The average molecular weight is 417 g/mol. The van der Waals surface area contributed by atoms with Gasteiger partial charge in [0.05, 0.1) is 36.8 Å². The lowest BCUT2D eigenvalue weighted by atomic mass is 10.1. The third-order valence-corrected chi connectivity index (χ3v) is 5.96. The van der Waals surface area contributed by atoms with Crippen molar-refractivity contribution < 1.29 is 18.7 Å². The number of nitrogens with one attached hydrogen (secondary N) is 1. The van der Waals surface area contributed by atoms with Crippen LogP contribution < -0.4 is 10.2 Å². The topological polar surface area (TPSA) is 81.5 Å². The minimum Gasteiger partial charge on any atom is -0.371 e. The molecular weight excluding hydrogens is 389 g/mol. The Kier molecular flexibility index (Phi) is 6.01. The zero-order valence-electron chi connectivity index (χ0n) is 17.6. The van der Waals surface area contributed by atoms with Gasteiger partial charge >= 0.3 is 0 Å². The van der Waals surface area contributed by atoms with E-state index in [1.54, 1.807) is 12.3 Å². The van der Waals surface area contributed by atoms with E-state index in [0.717, 1.165) is 17.0 Å². The fourth-order valence-electron chi connectivity index (χ4n) is 4.21. The highest BCUT2D eigenvalue weighted by Gasteiger charge is 2.38. The highest BCUT2D eigenvalue weighted by Crippen LogP contribution is 2.27. The molecule has 0 radical (unpaired) electrons. The molecule has 2 fully saturated rings. The standard InChI is InChI=1S/C21H28FN5O3/c1-13-16(14(2)26(3)25-13)4-5-21(28)24-15-11-29-19-9-27(10-20(19)30-12-15)18-6-7-23-8-17(18)22/h6-8,15,19-20H,4-5,9-12H2,1-3H3,(H,24,28)/t19-,20-/m0/s1. The van der Waals surface area contributed by atoms with Crippen molar-refractivity contribution in [2.24, 2.45) is 7.05 Å². The summed E-state index contributed by atoms with van der Waals surface area (Å²) in [7, 11) is 1.91. The molecule has 2 aliphatic rings. The quantitative estimate of drug-likeness (QED) is 0.790. The summed E-state index contributed by atoms with van der Waals surface area (Å²) in [5, 5.41) is 7.41. The van der Waals surface area contributed by atoms with Crippen molar-refractivity contribution in [2.75, 3.05) is 31.2 Å². The van der Waals surface area contributed by atoms with E-state index in [9.17, 15) is 9.18 Å². The Bertz CT molecular complexity index is 902. The molecule has 1 amide bonds. The molecule has 4 heterocycles. The molecule has 2 saturated heterocycles. The number of aryl methyl sites for hydroxylation is 2. The first-order chi connectivity index (χ1) is 14.4. The van der Waals surface area contributed by atoms with Gasteiger partial charge in [0.2, 0.25) is 5.91 Å². The predicted molar refractivity (Wildman–Crippen MR) is 109 cm³/mol. The number of carbonyl (C=O) groups is 1. The van der Waals surface area contributed by atoms with E-state index in [1.165, 1.54) is 6.20 Å². The van der Waals surface area contributed by atoms with Gasteiger partial charge in [-0.25, -0.2) is 4.39 Å². The van der Waals surface area contributed by atoms with Gasteiger partial charge in [-0.2, -0.15) is 5.10 Å². The second kappa shape index (κ2) is 8.69. The molecular formula is C21H28FN5O3. The van der Waals surface area contributed by atoms with E-state index in [4.69, 9.17) is 9.47 Å².